The van der Waals surface area contributed by atoms with Crippen molar-refractivity contribution in [3.63, 3.8) is 0 Å². The van der Waals surface area contributed by atoms with Gasteiger partial charge in [0.05, 0.1) is 0 Å². The van der Waals surface area contributed by atoms with Crippen LogP contribution in [-0.4, -0.2) is 36.0 Å². The lowest BCUT2D eigenvalue weighted by Gasteiger charge is -2.35. The Kier molecular flexibility index (Phi) is 4.19. The van der Waals surface area contributed by atoms with E-state index in [0.29, 0.717) is 0 Å². The highest BCUT2D eigenvalue weighted by atomic mass is 15.2. The Hall–Kier alpha value is -1.28. The number of piperidine rings is 1. The smallest absolute Gasteiger partial charge is 0.0237 e. The van der Waals surface area contributed by atoms with Gasteiger partial charge in [-0.2, -0.15) is 0 Å². The Morgan fingerprint density at radius 1 is 0.895 bits per heavy atom. The molecule has 0 aromatic heterocycles. The second-order valence-corrected chi connectivity index (χ2v) is 5.71. The zero-order chi connectivity index (χ0) is 12.9. The minimum absolute atomic E-state index is 1.09. The summed E-state index contributed by atoms with van der Waals surface area (Å²) in [6.45, 7) is 5.97. The quantitative estimate of drug-likeness (QED) is 0.819. The minimum atomic E-state index is 1.09. The zero-order valence-corrected chi connectivity index (χ0v) is 11.7. The molecule has 0 radical (unpaired) electrons. The summed E-state index contributed by atoms with van der Waals surface area (Å²) in [7, 11) is 0. The number of rotatable bonds is 3. The molecule has 0 spiro atoms. The molecule has 2 aliphatic heterocycles. The fourth-order valence-corrected chi connectivity index (χ4v) is 3.15. The first-order chi connectivity index (χ1) is 9.42. The first kappa shape index (κ1) is 12.7. The second kappa shape index (κ2) is 6.25. The number of likely N-dealkylation sites (tertiary alicyclic amines) is 1. The predicted molar refractivity (Wildman–Crippen MR) is 79.8 cm³/mol. The van der Waals surface area contributed by atoms with E-state index in [2.05, 4.69) is 46.2 Å². The van der Waals surface area contributed by atoms with Crippen LogP contribution in [0.3, 0.4) is 0 Å². The van der Waals surface area contributed by atoms with Crippen LogP contribution in [0, 0.1) is 0 Å². The largest absolute Gasteiger partial charge is 0.375 e. The van der Waals surface area contributed by atoms with Crippen molar-refractivity contribution in [1.82, 2.24) is 9.80 Å². The van der Waals surface area contributed by atoms with Crippen LogP contribution in [0.4, 0.5) is 0 Å². The van der Waals surface area contributed by atoms with Gasteiger partial charge in [-0.1, -0.05) is 36.4 Å². The highest BCUT2D eigenvalue weighted by Crippen LogP contribution is 2.21. The molecule has 19 heavy (non-hydrogen) atoms. The lowest BCUT2D eigenvalue weighted by molar-refractivity contribution is 0.229. The Morgan fingerprint density at radius 2 is 1.68 bits per heavy atom. The van der Waals surface area contributed by atoms with Crippen LogP contribution in [0.25, 0.3) is 0 Å². The van der Waals surface area contributed by atoms with Crippen molar-refractivity contribution in [2.75, 3.05) is 26.2 Å². The number of benzene rings is 1. The van der Waals surface area contributed by atoms with Gasteiger partial charge in [0.1, 0.15) is 0 Å². The summed E-state index contributed by atoms with van der Waals surface area (Å²) in [5.74, 6) is 0. The van der Waals surface area contributed by atoms with E-state index in [1.54, 1.807) is 5.70 Å². The summed E-state index contributed by atoms with van der Waals surface area (Å²) in [5, 5.41) is 0. The molecule has 102 valence electrons. The van der Waals surface area contributed by atoms with Crippen molar-refractivity contribution >= 4 is 0 Å². The number of nitrogens with zero attached hydrogens (tertiary/aromatic N) is 2. The van der Waals surface area contributed by atoms with E-state index in [4.69, 9.17) is 0 Å². The molecule has 2 heterocycles. The van der Waals surface area contributed by atoms with Gasteiger partial charge in [0, 0.05) is 38.4 Å². The topological polar surface area (TPSA) is 6.48 Å². The predicted octanol–water partition coefficient (Wildman–Crippen LogP) is 3.26. The van der Waals surface area contributed by atoms with Crippen molar-refractivity contribution in [1.29, 1.82) is 0 Å². The molecule has 1 saturated heterocycles. The monoisotopic (exact) mass is 256 g/mol. The fraction of sp³-hybridized carbons (Fsp3) is 0.529. The van der Waals surface area contributed by atoms with Crippen LogP contribution in [0.1, 0.15) is 31.2 Å². The van der Waals surface area contributed by atoms with Crippen LogP contribution in [0.15, 0.2) is 42.1 Å². The maximum Gasteiger partial charge on any atom is 0.0237 e. The van der Waals surface area contributed by atoms with Crippen LogP contribution >= 0.6 is 0 Å². The molecule has 0 bridgehead atoms. The first-order valence-electron chi connectivity index (χ1n) is 7.62. The molecular formula is C17H24N2. The van der Waals surface area contributed by atoms with Gasteiger partial charge in [0.25, 0.3) is 0 Å². The maximum atomic E-state index is 2.61. The Balaban J connectivity index is 1.54. The molecule has 1 fully saturated rings. The number of hydrogen-bond donors (Lipinski definition) is 0. The van der Waals surface area contributed by atoms with Gasteiger partial charge < -0.3 is 4.90 Å². The third-order valence-electron chi connectivity index (χ3n) is 4.28. The first-order valence-corrected chi connectivity index (χ1v) is 7.62. The molecule has 0 unspecified atom stereocenters. The average Bonchev–Trinajstić information content (AvgIpc) is 2.50. The van der Waals surface area contributed by atoms with Gasteiger partial charge >= 0.3 is 0 Å². The maximum absolute atomic E-state index is 2.61. The van der Waals surface area contributed by atoms with Gasteiger partial charge in [0.15, 0.2) is 0 Å². The van der Waals surface area contributed by atoms with Crippen molar-refractivity contribution in [3.05, 3.63) is 47.7 Å². The third-order valence-corrected chi connectivity index (χ3v) is 4.28. The van der Waals surface area contributed by atoms with E-state index in [-0.39, 0.29) is 0 Å². The van der Waals surface area contributed by atoms with E-state index in [0.717, 1.165) is 13.1 Å². The molecular weight excluding hydrogens is 232 g/mol. The molecule has 2 heteroatoms. The van der Waals surface area contributed by atoms with Crippen LogP contribution in [0.2, 0.25) is 0 Å². The molecule has 2 aliphatic rings. The molecule has 0 aliphatic carbocycles. The highest BCUT2D eigenvalue weighted by Gasteiger charge is 2.18. The Bertz CT molecular complexity index is 418. The molecule has 0 amide bonds. The van der Waals surface area contributed by atoms with E-state index < -0.39 is 0 Å². The Labute approximate surface area is 116 Å². The lowest BCUT2D eigenvalue weighted by Crippen LogP contribution is -2.35. The van der Waals surface area contributed by atoms with Gasteiger partial charge in [0.2, 0.25) is 0 Å². The summed E-state index contributed by atoms with van der Waals surface area (Å²) >= 11 is 0. The van der Waals surface area contributed by atoms with Gasteiger partial charge in [-0.15, -0.1) is 0 Å². The Morgan fingerprint density at radius 3 is 2.37 bits per heavy atom. The van der Waals surface area contributed by atoms with Crippen molar-refractivity contribution in [3.8, 4) is 0 Å². The van der Waals surface area contributed by atoms with Crippen LogP contribution < -0.4 is 0 Å². The third kappa shape index (κ3) is 3.38. The SMILES string of the molecule is C1=C(N2CCCCC2)CCN(Cc2ccccc2)C1. The summed E-state index contributed by atoms with van der Waals surface area (Å²) in [5.41, 5.74) is 3.03. The molecule has 0 atom stereocenters. The summed E-state index contributed by atoms with van der Waals surface area (Å²) < 4.78 is 0. The van der Waals surface area contributed by atoms with E-state index in [9.17, 15) is 0 Å². The van der Waals surface area contributed by atoms with Crippen molar-refractivity contribution in [2.24, 2.45) is 0 Å². The average molecular weight is 256 g/mol. The van der Waals surface area contributed by atoms with Crippen LogP contribution in [0.5, 0.6) is 0 Å². The normalized spacial score (nSPS) is 21.3. The molecule has 1 aromatic rings. The zero-order valence-electron chi connectivity index (χ0n) is 11.7. The van der Waals surface area contributed by atoms with Crippen LogP contribution in [-0.2, 0) is 6.54 Å². The highest BCUT2D eigenvalue weighted by molar-refractivity contribution is 5.15. The molecule has 1 aromatic carbocycles. The number of hydrogen-bond acceptors (Lipinski definition) is 2. The molecule has 3 rings (SSSR count). The van der Waals surface area contributed by atoms with Crippen molar-refractivity contribution in [2.45, 2.75) is 32.2 Å². The lowest BCUT2D eigenvalue weighted by atomic mass is 10.1. The second-order valence-electron chi connectivity index (χ2n) is 5.71. The van der Waals surface area contributed by atoms with E-state index in [1.165, 1.54) is 50.9 Å². The van der Waals surface area contributed by atoms with Gasteiger partial charge in [-0.05, 0) is 31.2 Å². The summed E-state index contributed by atoms with van der Waals surface area (Å²) in [6, 6.07) is 10.8. The van der Waals surface area contributed by atoms with E-state index >= 15 is 0 Å². The summed E-state index contributed by atoms with van der Waals surface area (Å²) in [4.78, 5) is 5.16. The molecule has 2 nitrogen and oxygen atoms in total. The minimum Gasteiger partial charge on any atom is -0.375 e. The van der Waals surface area contributed by atoms with E-state index in [1.807, 2.05) is 0 Å². The molecule has 0 N–H and O–H groups in total. The van der Waals surface area contributed by atoms with Crippen molar-refractivity contribution < 1.29 is 0 Å². The van der Waals surface area contributed by atoms with Gasteiger partial charge in [-0.3, -0.25) is 4.90 Å². The standard InChI is InChI=1S/C17H24N2/c1-3-7-16(8-4-1)15-18-13-9-17(10-14-18)19-11-5-2-6-12-19/h1,3-4,7-9H,2,5-6,10-15H2. The fourth-order valence-electron chi connectivity index (χ4n) is 3.15. The van der Waals surface area contributed by atoms with Gasteiger partial charge in [-0.25, -0.2) is 0 Å². The molecule has 0 saturated carbocycles. The summed E-state index contributed by atoms with van der Waals surface area (Å²) in [6.07, 6.45) is 7.87.